The van der Waals surface area contributed by atoms with Gasteiger partial charge < -0.3 is 4.90 Å². The fraction of sp³-hybridized carbons (Fsp3) is 0.500. The first-order valence-corrected chi connectivity index (χ1v) is 11.0. The highest BCUT2D eigenvalue weighted by molar-refractivity contribution is 8.16. The molecule has 24 heavy (non-hydrogen) atoms. The molecule has 2 aliphatic heterocycles. The van der Waals surface area contributed by atoms with Gasteiger partial charge in [0, 0.05) is 22.4 Å². The van der Waals surface area contributed by atoms with Gasteiger partial charge in [-0.2, -0.15) is 4.99 Å². The molecule has 0 aliphatic carbocycles. The zero-order valence-electron chi connectivity index (χ0n) is 13.3. The molecule has 5 nitrogen and oxygen atoms in total. The van der Waals surface area contributed by atoms with Crippen LogP contribution in [0.4, 0.5) is 5.69 Å². The van der Waals surface area contributed by atoms with Gasteiger partial charge in [-0.3, -0.25) is 4.79 Å². The third-order valence-electron chi connectivity index (χ3n) is 4.12. The van der Waals surface area contributed by atoms with Crippen LogP contribution in [0.25, 0.3) is 0 Å². The van der Waals surface area contributed by atoms with Crippen molar-refractivity contribution in [2.45, 2.75) is 37.5 Å². The molecule has 0 aromatic heterocycles. The number of hydrogen-bond donors (Lipinski definition) is 0. The summed E-state index contributed by atoms with van der Waals surface area (Å²) in [5.74, 6) is 0.0511. The molecule has 2 atom stereocenters. The van der Waals surface area contributed by atoms with Crippen LogP contribution in [0.15, 0.2) is 29.3 Å². The fourth-order valence-corrected chi connectivity index (χ4v) is 7.10. The summed E-state index contributed by atoms with van der Waals surface area (Å²) in [6, 6.07) is 7.03. The molecule has 0 saturated carbocycles. The van der Waals surface area contributed by atoms with Crippen LogP contribution in [-0.4, -0.2) is 42.3 Å². The maximum absolute atomic E-state index is 12.1. The first kappa shape index (κ1) is 17.8. The van der Waals surface area contributed by atoms with Gasteiger partial charge in [-0.15, -0.1) is 0 Å². The van der Waals surface area contributed by atoms with E-state index in [2.05, 4.69) is 4.99 Å². The van der Waals surface area contributed by atoms with Crippen molar-refractivity contribution in [1.82, 2.24) is 0 Å². The Balaban J connectivity index is 1.94. The number of halogens is 1. The van der Waals surface area contributed by atoms with Gasteiger partial charge in [0.05, 0.1) is 17.5 Å². The molecule has 2 aliphatic rings. The monoisotopic (exact) mass is 386 g/mol. The number of amides is 1. The quantitative estimate of drug-likeness (QED) is 0.795. The number of nitrogens with zero attached hydrogens (tertiary/aromatic N) is 2. The zero-order chi connectivity index (χ0) is 17.3. The number of carbonyl (C=O) groups is 1. The summed E-state index contributed by atoms with van der Waals surface area (Å²) < 4.78 is 24.0. The SMILES string of the molecule is CCCCC(=O)N=C1S[C@H]2CS(=O)(=O)C[C@@H]2N1c1cccc(Cl)c1. The molecule has 2 heterocycles. The highest BCUT2D eigenvalue weighted by Crippen LogP contribution is 2.41. The van der Waals surface area contributed by atoms with E-state index in [1.54, 1.807) is 12.1 Å². The van der Waals surface area contributed by atoms with Crippen molar-refractivity contribution in [3.05, 3.63) is 29.3 Å². The van der Waals surface area contributed by atoms with Gasteiger partial charge in [-0.05, 0) is 24.6 Å². The van der Waals surface area contributed by atoms with Crippen LogP contribution >= 0.6 is 23.4 Å². The second-order valence-corrected chi connectivity index (χ2v) is 9.84. The Morgan fingerprint density at radius 2 is 2.21 bits per heavy atom. The maximum Gasteiger partial charge on any atom is 0.248 e. The molecule has 1 aromatic rings. The Morgan fingerprint density at radius 1 is 1.42 bits per heavy atom. The second-order valence-electron chi connectivity index (χ2n) is 6.04. The molecular weight excluding hydrogens is 368 g/mol. The van der Waals surface area contributed by atoms with Crippen molar-refractivity contribution >= 4 is 50.0 Å². The number of sulfone groups is 1. The van der Waals surface area contributed by atoms with E-state index in [9.17, 15) is 13.2 Å². The van der Waals surface area contributed by atoms with Gasteiger partial charge in [-0.1, -0.05) is 42.8 Å². The third-order valence-corrected chi connectivity index (χ3v) is 7.56. The molecule has 2 saturated heterocycles. The number of amidine groups is 1. The topological polar surface area (TPSA) is 66.8 Å². The summed E-state index contributed by atoms with van der Waals surface area (Å²) in [5.41, 5.74) is 0.779. The van der Waals surface area contributed by atoms with Gasteiger partial charge in [-0.25, -0.2) is 8.42 Å². The zero-order valence-corrected chi connectivity index (χ0v) is 15.7. The van der Waals surface area contributed by atoms with E-state index in [0.717, 1.165) is 18.5 Å². The van der Waals surface area contributed by atoms with Crippen LogP contribution in [0.3, 0.4) is 0 Å². The molecular formula is C16H19ClN2O3S2. The van der Waals surface area contributed by atoms with Crippen LogP contribution in [0.5, 0.6) is 0 Å². The van der Waals surface area contributed by atoms with Crippen molar-refractivity contribution in [3.63, 3.8) is 0 Å². The van der Waals surface area contributed by atoms with Crippen LogP contribution in [0.2, 0.25) is 5.02 Å². The highest BCUT2D eigenvalue weighted by atomic mass is 35.5. The van der Waals surface area contributed by atoms with E-state index in [-0.39, 0.29) is 28.7 Å². The number of hydrogen-bond acceptors (Lipinski definition) is 4. The molecule has 1 aromatic carbocycles. The lowest BCUT2D eigenvalue weighted by Gasteiger charge is -2.24. The summed E-state index contributed by atoms with van der Waals surface area (Å²) in [5, 5.41) is 1.06. The van der Waals surface area contributed by atoms with Crippen LogP contribution < -0.4 is 4.90 Å². The number of aliphatic imine (C=N–C) groups is 1. The summed E-state index contributed by atoms with van der Waals surface area (Å²) in [6.07, 6.45) is 2.15. The fourth-order valence-electron chi connectivity index (χ4n) is 2.98. The average molecular weight is 387 g/mol. The van der Waals surface area contributed by atoms with Gasteiger partial charge in [0.25, 0.3) is 0 Å². The van der Waals surface area contributed by atoms with E-state index < -0.39 is 9.84 Å². The predicted molar refractivity (Wildman–Crippen MR) is 99.7 cm³/mol. The van der Waals surface area contributed by atoms with Crippen molar-refractivity contribution in [2.75, 3.05) is 16.4 Å². The number of anilines is 1. The summed E-state index contributed by atoms with van der Waals surface area (Å²) in [7, 11) is -3.06. The first-order chi connectivity index (χ1) is 11.4. The standard InChI is InChI=1S/C16H19ClN2O3S2/c1-2-3-7-15(20)18-16-19(12-6-4-5-11(17)8-12)13-9-24(21,22)10-14(13)23-16/h4-6,8,13-14H,2-3,7,9-10H2,1H3/t13-,14-/m0/s1. The summed E-state index contributed by atoms with van der Waals surface area (Å²) >= 11 is 7.47. The number of rotatable bonds is 4. The maximum atomic E-state index is 12.1. The van der Waals surface area contributed by atoms with Gasteiger partial charge in [0.2, 0.25) is 5.91 Å². The minimum atomic E-state index is -3.06. The van der Waals surface area contributed by atoms with E-state index in [4.69, 9.17) is 11.6 Å². The molecule has 0 bridgehead atoms. The Kier molecular flexibility index (Phi) is 5.22. The minimum absolute atomic E-state index is 0.0827. The van der Waals surface area contributed by atoms with Crippen molar-refractivity contribution in [1.29, 1.82) is 0 Å². The van der Waals surface area contributed by atoms with E-state index >= 15 is 0 Å². The van der Waals surface area contributed by atoms with Crippen LogP contribution in [0.1, 0.15) is 26.2 Å². The average Bonchev–Trinajstić information content (AvgIpc) is 2.96. The van der Waals surface area contributed by atoms with Crippen molar-refractivity contribution in [2.24, 2.45) is 4.99 Å². The molecule has 3 rings (SSSR count). The predicted octanol–water partition coefficient (Wildman–Crippen LogP) is 3.13. The van der Waals surface area contributed by atoms with Gasteiger partial charge >= 0.3 is 0 Å². The summed E-state index contributed by atoms with van der Waals surface area (Å²) in [6.45, 7) is 2.03. The van der Waals surface area contributed by atoms with Crippen molar-refractivity contribution in [3.8, 4) is 0 Å². The smallest absolute Gasteiger partial charge is 0.248 e. The highest BCUT2D eigenvalue weighted by Gasteiger charge is 2.49. The first-order valence-electron chi connectivity index (χ1n) is 7.93. The molecule has 0 spiro atoms. The Hall–Kier alpha value is -1.05. The lowest BCUT2D eigenvalue weighted by molar-refractivity contribution is -0.117. The van der Waals surface area contributed by atoms with Crippen LogP contribution in [-0.2, 0) is 14.6 Å². The largest absolute Gasteiger partial charge is 0.316 e. The normalized spacial score (nSPS) is 26.8. The third kappa shape index (κ3) is 3.78. The molecule has 0 N–H and O–H groups in total. The molecule has 0 radical (unpaired) electrons. The van der Waals surface area contributed by atoms with E-state index in [0.29, 0.717) is 16.6 Å². The molecule has 8 heteroatoms. The number of benzene rings is 1. The lowest BCUT2D eigenvalue weighted by atomic mass is 10.2. The molecule has 0 unspecified atom stereocenters. The van der Waals surface area contributed by atoms with Crippen LogP contribution in [0, 0.1) is 0 Å². The number of thioether (sulfide) groups is 1. The number of fused-ring (bicyclic) bond motifs is 1. The van der Waals surface area contributed by atoms with Crippen molar-refractivity contribution < 1.29 is 13.2 Å². The van der Waals surface area contributed by atoms with E-state index in [1.807, 2.05) is 24.0 Å². The molecule has 2 fully saturated rings. The van der Waals surface area contributed by atoms with Gasteiger partial charge in [0.1, 0.15) is 0 Å². The van der Waals surface area contributed by atoms with E-state index in [1.165, 1.54) is 11.8 Å². The lowest BCUT2D eigenvalue weighted by Crippen LogP contribution is -2.37. The molecule has 130 valence electrons. The Morgan fingerprint density at radius 3 is 2.92 bits per heavy atom. The summed E-state index contributed by atoms with van der Waals surface area (Å²) in [4.78, 5) is 18.2. The number of carbonyl (C=O) groups excluding carboxylic acids is 1. The number of unbranched alkanes of at least 4 members (excludes halogenated alkanes) is 1. The Bertz CT molecular complexity index is 779. The minimum Gasteiger partial charge on any atom is -0.316 e. The second kappa shape index (κ2) is 7.06. The Labute approximate surface area is 151 Å². The van der Waals surface area contributed by atoms with Gasteiger partial charge in [0.15, 0.2) is 15.0 Å². The molecule has 1 amide bonds.